The Hall–Kier alpha value is -1.92. The van der Waals surface area contributed by atoms with Gasteiger partial charge in [-0.1, -0.05) is 0 Å². The van der Waals surface area contributed by atoms with E-state index < -0.39 is 4.92 Å². The third-order valence-corrected chi connectivity index (χ3v) is 2.47. The van der Waals surface area contributed by atoms with Crippen molar-refractivity contribution in [2.45, 2.75) is 19.8 Å². The third kappa shape index (κ3) is 2.80. The second-order valence-corrected chi connectivity index (χ2v) is 3.92. The molecule has 7 nitrogen and oxygen atoms in total. The summed E-state index contributed by atoms with van der Waals surface area (Å²) in [6, 6.07) is 0. The van der Waals surface area contributed by atoms with Crippen molar-refractivity contribution in [3.8, 4) is 5.88 Å². The summed E-state index contributed by atoms with van der Waals surface area (Å²) in [6.45, 7) is 2.89. The van der Waals surface area contributed by atoms with E-state index in [1.165, 1.54) is 6.33 Å². The Bertz CT molecular complexity index is 420. The Labute approximate surface area is 98.4 Å². The van der Waals surface area contributed by atoms with E-state index in [-0.39, 0.29) is 17.4 Å². The smallest absolute Gasteiger partial charge is 0.372 e. The SMILES string of the molecule is CCNc1ncnc(OCC2CC2)c1[N+](=O)[O-]. The standard InChI is InChI=1S/C10H14N4O3/c1-2-11-9-8(14(15)16)10(13-6-12-9)17-5-7-3-4-7/h6-7H,2-5H2,1H3,(H,11,12,13). The van der Waals surface area contributed by atoms with E-state index in [1.54, 1.807) is 0 Å². The van der Waals surface area contributed by atoms with Crippen LogP contribution in [0.1, 0.15) is 19.8 Å². The molecule has 1 saturated carbocycles. The number of nitro groups is 1. The molecule has 0 amide bonds. The molecule has 1 fully saturated rings. The van der Waals surface area contributed by atoms with Gasteiger partial charge >= 0.3 is 5.69 Å². The highest BCUT2D eigenvalue weighted by atomic mass is 16.6. The van der Waals surface area contributed by atoms with E-state index >= 15 is 0 Å². The predicted molar refractivity (Wildman–Crippen MR) is 61.1 cm³/mol. The minimum atomic E-state index is -0.514. The van der Waals surface area contributed by atoms with Crippen molar-refractivity contribution in [2.75, 3.05) is 18.5 Å². The molecule has 2 rings (SSSR count). The number of nitrogens with zero attached hydrogens (tertiary/aromatic N) is 3. The van der Waals surface area contributed by atoms with Gasteiger partial charge in [0.2, 0.25) is 5.82 Å². The number of aromatic nitrogens is 2. The monoisotopic (exact) mass is 238 g/mol. The molecule has 0 aliphatic heterocycles. The molecule has 17 heavy (non-hydrogen) atoms. The summed E-state index contributed by atoms with van der Waals surface area (Å²) in [5.41, 5.74) is -0.185. The van der Waals surface area contributed by atoms with Crippen molar-refractivity contribution in [1.82, 2.24) is 9.97 Å². The van der Waals surface area contributed by atoms with E-state index in [1.807, 2.05) is 6.92 Å². The highest BCUT2D eigenvalue weighted by Gasteiger charge is 2.27. The van der Waals surface area contributed by atoms with Crippen molar-refractivity contribution in [3.05, 3.63) is 16.4 Å². The van der Waals surface area contributed by atoms with Gasteiger partial charge < -0.3 is 10.1 Å². The van der Waals surface area contributed by atoms with E-state index in [2.05, 4.69) is 15.3 Å². The number of anilines is 1. The van der Waals surface area contributed by atoms with E-state index in [9.17, 15) is 10.1 Å². The van der Waals surface area contributed by atoms with E-state index in [0.717, 1.165) is 12.8 Å². The van der Waals surface area contributed by atoms with Crippen LogP contribution in [0, 0.1) is 16.0 Å². The maximum absolute atomic E-state index is 11.0. The minimum Gasteiger partial charge on any atom is -0.472 e. The molecule has 1 aliphatic carbocycles. The van der Waals surface area contributed by atoms with Crippen molar-refractivity contribution in [1.29, 1.82) is 0 Å². The van der Waals surface area contributed by atoms with E-state index in [0.29, 0.717) is 19.1 Å². The second kappa shape index (κ2) is 4.94. The Morgan fingerprint density at radius 2 is 2.35 bits per heavy atom. The molecule has 0 saturated heterocycles. The van der Waals surface area contributed by atoms with Crippen molar-refractivity contribution in [2.24, 2.45) is 5.92 Å². The molecular formula is C10H14N4O3. The fourth-order valence-corrected chi connectivity index (χ4v) is 1.41. The van der Waals surface area contributed by atoms with Crippen LogP contribution in [0.25, 0.3) is 0 Å². The van der Waals surface area contributed by atoms with Crippen LogP contribution in [0.3, 0.4) is 0 Å². The lowest BCUT2D eigenvalue weighted by Crippen LogP contribution is -2.08. The molecule has 0 spiro atoms. The number of hydrogen-bond donors (Lipinski definition) is 1. The lowest BCUT2D eigenvalue weighted by atomic mass is 10.4. The largest absolute Gasteiger partial charge is 0.472 e. The molecule has 0 unspecified atom stereocenters. The van der Waals surface area contributed by atoms with Gasteiger partial charge in [0.1, 0.15) is 6.33 Å². The first kappa shape index (κ1) is 11.6. The average molecular weight is 238 g/mol. The molecule has 1 heterocycles. The number of ether oxygens (including phenoxy) is 1. The number of hydrogen-bond acceptors (Lipinski definition) is 6. The van der Waals surface area contributed by atoms with Crippen LogP contribution in [-0.4, -0.2) is 28.0 Å². The maximum Gasteiger partial charge on any atom is 0.372 e. The van der Waals surface area contributed by atoms with Crippen LogP contribution in [0.5, 0.6) is 5.88 Å². The van der Waals surface area contributed by atoms with Gasteiger partial charge in [-0.25, -0.2) is 4.98 Å². The summed E-state index contributed by atoms with van der Waals surface area (Å²) >= 11 is 0. The van der Waals surface area contributed by atoms with Crippen molar-refractivity contribution >= 4 is 11.5 Å². The first-order valence-corrected chi connectivity index (χ1v) is 5.58. The van der Waals surface area contributed by atoms with Gasteiger partial charge in [-0.05, 0) is 25.7 Å². The second-order valence-electron chi connectivity index (χ2n) is 3.92. The molecule has 1 aromatic heterocycles. The first-order valence-electron chi connectivity index (χ1n) is 5.58. The zero-order valence-electron chi connectivity index (χ0n) is 9.55. The lowest BCUT2D eigenvalue weighted by Gasteiger charge is -2.07. The average Bonchev–Trinajstić information content (AvgIpc) is 3.10. The molecule has 0 bridgehead atoms. The summed E-state index contributed by atoms with van der Waals surface area (Å²) < 4.78 is 5.38. The molecule has 1 aliphatic rings. The topological polar surface area (TPSA) is 90.2 Å². The van der Waals surface area contributed by atoms with Crippen molar-refractivity contribution in [3.63, 3.8) is 0 Å². The van der Waals surface area contributed by atoms with Crippen LogP contribution in [-0.2, 0) is 0 Å². The van der Waals surface area contributed by atoms with Gasteiger partial charge in [0.25, 0.3) is 5.88 Å². The highest BCUT2D eigenvalue weighted by Crippen LogP contribution is 2.34. The zero-order chi connectivity index (χ0) is 12.3. The predicted octanol–water partition coefficient (Wildman–Crippen LogP) is 1.61. The molecule has 1 N–H and O–H groups in total. The highest BCUT2D eigenvalue weighted by molar-refractivity contribution is 5.60. The maximum atomic E-state index is 11.0. The number of nitrogens with one attached hydrogen (secondary N) is 1. The summed E-state index contributed by atoms with van der Waals surface area (Å²) in [7, 11) is 0. The summed E-state index contributed by atoms with van der Waals surface area (Å²) in [5, 5.41) is 13.8. The fourth-order valence-electron chi connectivity index (χ4n) is 1.41. The minimum absolute atomic E-state index is 0.0489. The van der Waals surface area contributed by atoms with Crippen LogP contribution in [0.4, 0.5) is 11.5 Å². The van der Waals surface area contributed by atoms with Gasteiger partial charge in [-0.3, -0.25) is 10.1 Å². The van der Waals surface area contributed by atoms with Gasteiger partial charge in [0.05, 0.1) is 11.5 Å². The molecule has 7 heteroatoms. The van der Waals surface area contributed by atoms with Crippen molar-refractivity contribution < 1.29 is 9.66 Å². The van der Waals surface area contributed by atoms with E-state index in [4.69, 9.17) is 4.74 Å². The van der Waals surface area contributed by atoms with Gasteiger partial charge in [0.15, 0.2) is 0 Å². The molecule has 1 aromatic rings. The number of rotatable bonds is 6. The summed E-state index contributed by atoms with van der Waals surface area (Å²) in [6.07, 6.45) is 3.52. The first-order chi connectivity index (χ1) is 8.22. The fraction of sp³-hybridized carbons (Fsp3) is 0.600. The van der Waals surface area contributed by atoms with Crippen LogP contribution in [0.15, 0.2) is 6.33 Å². The Kier molecular flexibility index (Phi) is 3.36. The van der Waals surface area contributed by atoms with Gasteiger partial charge in [-0.15, -0.1) is 0 Å². The zero-order valence-corrected chi connectivity index (χ0v) is 9.55. The Morgan fingerprint density at radius 3 is 2.94 bits per heavy atom. The molecule has 0 radical (unpaired) electrons. The lowest BCUT2D eigenvalue weighted by molar-refractivity contribution is -0.385. The van der Waals surface area contributed by atoms with Crippen LogP contribution >= 0.6 is 0 Å². The molecule has 92 valence electrons. The third-order valence-electron chi connectivity index (χ3n) is 2.47. The summed E-state index contributed by atoms with van der Waals surface area (Å²) in [4.78, 5) is 18.1. The normalized spacial score (nSPS) is 14.4. The van der Waals surface area contributed by atoms with Crippen LogP contribution in [0.2, 0.25) is 0 Å². The molecule has 0 atom stereocenters. The van der Waals surface area contributed by atoms with Gasteiger partial charge in [0, 0.05) is 6.54 Å². The molecular weight excluding hydrogens is 224 g/mol. The summed E-state index contributed by atoms with van der Waals surface area (Å²) in [5.74, 6) is 0.776. The van der Waals surface area contributed by atoms with Gasteiger partial charge in [-0.2, -0.15) is 4.98 Å². The van der Waals surface area contributed by atoms with Crippen LogP contribution < -0.4 is 10.1 Å². The molecule has 0 aromatic carbocycles. The quantitative estimate of drug-likeness (QED) is 0.598. The Morgan fingerprint density at radius 1 is 1.59 bits per heavy atom. The Balaban J connectivity index is 2.21.